The predicted octanol–water partition coefficient (Wildman–Crippen LogP) is 2.24. The highest BCUT2D eigenvalue weighted by Gasteiger charge is 2.08. The molecule has 1 heterocycles. The van der Waals surface area contributed by atoms with Crippen LogP contribution in [0, 0.1) is 11.3 Å². The fourth-order valence-corrected chi connectivity index (χ4v) is 2.23. The Bertz CT molecular complexity index is 568. The highest BCUT2D eigenvalue weighted by atomic mass is 32.2. The molecule has 0 aliphatic heterocycles. The van der Waals surface area contributed by atoms with E-state index in [0.29, 0.717) is 11.5 Å². The topological polar surface area (TPSA) is 67.6 Å². The third-order valence-electron chi connectivity index (χ3n) is 2.64. The van der Waals surface area contributed by atoms with Gasteiger partial charge in [0.05, 0.1) is 22.7 Å². The van der Waals surface area contributed by atoms with Crippen molar-refractivity contribution >= 4 is 28.7 Å². The molecule has 0 bridgehead atoms. The number of hydrogen-bond donors (Lipinski definition) is 1. The molecule has 1 aromatic heterocycles. The van der Waals surface area contributed by atoms with Crippen molar-refractivity contribution in [2.75, 3.05) is 17.7 Å². The van der Waals surface area contributed by atoms with Gasteiger partial charge in [0.25, 0.3) is 0 Å². The average molecular weight is 246 g/mol. The summed E-state index contributed by atoms with van der Waals surface area (Å²) >= 11 is 1.82. The molecule has 2 rings (SSSR count). The Morgan fingerprint density at radius 2 is 2.35 bits per heavy atom. The Morgan fingerprint density at radius 3 is 3.06 bits per heavy atom. The lowest BCUT2D eigenvalue weighted by atomic mass is 10.2. The number of nitriles is 1. The van der Waals surface area contributed by atoms with Crippen molar-refractivity contribution < 1.29 is 0 Å². The fourth-order valence-electron chi connectivity index (χ4n) is 1.81. The number of anilines is 1. The van der Waals surface area contributed by atoms with Crippen molar-refractivity contribution in [2.24, 2.45) is 0 Å². The van der Waals surface area contributed by atoms with E-state index in [2.05, 4.69) is 17.3 Å². The first-order valence-electron chi connectivity index (χ1n) is 5.41. The normalized spacial score (nSPS) is 10.6. The molecule has 17 heavy (non-hydrogen) atoms. The number of thioether (sulfide) groups is 1. The van der Waals surface area contributed by atoms with Crippen LogP contribution in [0.1, 0.15) is 12.0 Å². The van der Waals surface area contributed by atoms with Gasteiger partial charge in [-0.25, -0.2) is 4.98 Å². The van der Waals surface area contributed by atoms with E-state index in [1.165, 1.54) is 0 Å². The van der Waals surface area contributed by atoms with Gasteiger partial charge in [-0.1, -0.05) is 0 Å². The Kier molecular flexibility index (Phi) is 3.55. The van der Waals surface area contributed by atoms with Crippen LogP contribution in [0.2, 0.25) is 0 Å². The predicted molar refractivity (Wildman–Crippen MR) is 71.9 cm³/mol. The summed E-state index contributed by atoms with van der Waals surface area (Å²) in [4.78, 5) is 4.29. The van der Waals surface area contributed by atoms with Crippen LogP contribution in [0.25, 0.3) is 11.0 Å². The Balaban J connectivity index is 2.39. The summed E-state index contributed by atoms with van der Waals surface area (Å²) in [6.45, 7) is 0.845. The fraction of sp³-hybridized carbons (Fsp3) is 0.333. The van der Waals surface area contributed by atoms with Gasteiger partial charge in [-0.3, -0.25) is 0 Å². The smallest absolute Gasteiger partial charge is 0.201 e. The van der Waals surface area contributed by atoms with Crippen LogP contribution in [0.3, 0.4) is 0 Å². The van der Waals surface area contributed by atoms with E-state index in [1.807, 2.05) is 28.5 Å². The number of hydrogen-bond acceptors (Lipinski definition) is 4. The molecule has 4 nitrogen and oxygen atoms in total. The maximum Gasteiger partial charge on any atom is 0.201 e. The van der Waals surface area contributed by atoms with Gasteiger partial charge < -0.3 is 10.3 Å². The van der Waals surface area contributed by atoms with Crippen LogP contribution in [0.15, 0.2) is 18.2 Å². The molecule has 0 unspecified atom stereocenters. The minimum atomic E-state index is 0.524. The lowest BCUT2D eigenvalue weighted by Crippen LogP contribution is -2.04. The summed E-state index contributed by atoms with van der Waals surface area (Å²) in [5.74, 6) is 1.62. The summed E-state index contributed by atoms with van der Waals surface area (Å²) < 4.78 is 1.98. The summed E-state index contributed by atoms with van der Waals surface area (Å²) in [7, 11) is 0. The number of nitrogens with two attached hydrogens (primary N) is 1. The third-order valence-corrected chi connectivity index (χ3v) is 3.33. The number of nitrogens with zero attached hydrogens (tertiary/aromatic N) is 3. The molecule has 5 heteroatoms. The molecule has 2 N–H and O–H groups in total. The van der Waals surface area contributed by atoms with E-state index in [1.54, 1.807) is 6.07 Å². The second-order valence-corrected chi connectivity index (χ2v) is 4.77. The zero-order valence-electron chi connectivity index (χ0n) is 9.68. The van der Waals surface area contributed by atoms with Gasteiger partial charge in [0.1, 0.15) is 0 Å². The molecule has 0 atom stereocenters. The van der Waals surface area contributed by atoms with Crippen LogP contribution in [0.4, 0.5) is 5.95 Å². The lowest BCUT2D eigenvalue weighted by Gasteiger charge is -2.05. The minimum absolute atomic E-state index is 0.524. The van der Waals surface area contributed by atoms with Gasteiger partial charge in [0.15, 0.2) is 0 Å². The monoisotopic (exact) mass is 246 g/mol. The van der Waals surface area contributed by atoms with Crippen molar-refractivity contribution in [1.82, 2.24) is 9.55 Å². The number of nitrogen functional groups attached to an aromatic ring is 1. The van der Waals surface area contributed by atoms with Crippen LogP contribution in [0.5, 0.6) is 0 Å². The highest BCUT2D eigenvalue weighted by molar-refractivity contribution is 7.98. The van der Waals surface area contributed by atoms with E-state index < -0.39 is 0 Å². The van der Waals surface area contributed by atoms with Gasteiger partial charge >= 0.3 is 0 Å². The lowest BCUT2D eigenvalue weighted by molar-refractivity contribution is 0.712. The standard InChI is InChI=1S/C12H14N4S/c1-17-6-2-5-16-11-7-9(8-13)3-4-10(11)15-12(16)14/h3-4,7H,2,5-6H2,1H3,(H2,14,15). The van der Waals surface area contributed by atoms with Gasteiger partial charge in [0.2, 0.25) is 5.95 Å². The zero-order chi connectivity index (χ0) is 12.3. The first-order valence-corrected chi connectivity index (χ1v) is 6.80. The number of rotatable bonds is 4. The molecule has 0 saturated heterocycles. The van der Waals surface area contributed by atoms with Crippen molar-refractivity contribution in [3.05, 3.63) is 23.8 Å². The molecular weight excluding hydrogens is 232 g/mol. The molecule has 0 spiro atoms. The van der Waals surface area contributed by atoms with E-state index >= 15 is 0 Å². The molecule has 2 aromatic rings. The van der Waals surface area contributed by atoms with Gasteiger partial charge in [-0.2, -0.15) is 17.0 Å². The van der Waals surface area contributed by atoms with Gasteiger partial charge in [-0.05, 0) is 36.6 Å². The van der Waals surface area contributed by atoms with Crippen molar-refractivity contribution in [3.63, 3.8) is 0 Å². The van der Waals surface area contributed by atoms with E-state index in [-0.39, 0.29) is 0 Å². The molecule has 0 amide bonds. The Morgan fingerprint density at radius 1 is 1.53 bits per heavy atom. The van der Waals surface area contributed by atoms with Gasteiger partial charge in [-0.15, -0.1) is 0 Å². The van der Waals surface area contributed by atoms with E-state index in [0.717, 1.165) is 29.8 Å². The summed E-state index contributed by atoms with van der Waals surface area (Å²) in [5.41, 5.74) is 8.33. The van der Waals surface area contributed by atoms with Crippen LogP contribution in [-0.4, -0.2) is 21.6 Å². The second-order valence-electron chi connectivity index (χ2n) is 3.78. The molecular formula is C12H14N4S. The molecule has 88 valence electrons. The van der Waals surface area contributed by atoms with E-state index in [9.17, 15) is 0 Å². The van der Waals surface area contributed by atoms with Crippen LogP contribution in [-0.2, 0) is 6.54 Å². The van der Waals surface area contributed by atoms with Crippen LogP contribution >= 0.6 is 11.8 Å². The molecule has 0 aliphatic carbocycles. The summed E-state index contributed by atoms with van der Waals surface area (Å²) in [6, 6.07) is 7.59. The minimum Gasteiger partial charge on any atom is -0.369 e. The SMILES string of the molecule is CSCCCn1c(N)nc2ccc(C#N)cc21. The maximum atomic E-state index is 8.89. The van der Waals surface area contributed by atoms with Crippen molar-refractivity contribution in [2.45, 2.75) is 13.0 Å². The number of imidazole rings is 1. The van der Waals surface area contributed by atoms with Crippen molar-refractivity contribution in [3.8, 4) is 6.07 Å². The first-order chi connectivity index (χ1) is 8.26. The van der Waals surface area contributed by atoms with Crippen LogP contribution < -0.4 is 5.73 Å². The quantitative estimate of drug-likeness (QED) is 0.840. The number of aryl methyl sites for hydroxylation is 1. The van der Waals surface area contributed by atoms with E-state index in [4.69, 9.17) is 11.0 Å². The number of fused-ring (bicyclic) bond motifs is 1. The molecule has 0 aliphatic rings. The number of aromatic nitrogens is 2. The van der Waals surface area contributed by atoms with Gasteiger partial charge in [0, 0.05) is 6.54 Å². The Labute approximate surface area is 104 Å². The average Bonchev–Trinajstić information content (AvgIpc) is 2.65. The molecule has 0 saturated carbocycles. The summed E-state index contributed by atoms with van der Waals surface area (Å²) in [6.07, 6.45) is 3.14. The third kappa shape index (κ3) is 2.37. The summed E-state index contributed by atoms with van der Waals surface area (Å²) in [5, 5.41) is 8.89. The maximum absolute atomic E-state index is 8.89. The highest BCUT2D eigenvalue weighted by Crippen LogP contribution is 2.19. The number of benzene rings is 1. The molecule has 1 aromatic carbocycles. The second kappa shape index (κ2) is 5.11. The Hall–Kier alpha value is -1.67. The largest absolute Gasteiger partial charge is 0.369 e. The van der Waals surface area contributed by atoms with Crippen molar-refractivity contribution in [1.29, 1.82) is 5.26 Å². The first kappa shape index (κ1) is 11.8. The zero-order valence-corrected chi connectivity index (χ0v) is 10.5. The molecule has 0 radical (unpaired) electrons. The molecule has 0 fully saturated rings.